The van der Waals surface area contributed by atoms with E-state index in [0.29, 0.717) is 25.9 Å². The smallest absolute Gasteiger partial charge is 0.853 e. The van der Waals surface area contributed by atoms with Crippen LogP contribution in [0.15, 0.2) is 0 Å². The Morgan fingerprint density at radius 2 is 1.71 bits per heavy atom. The summed E-state index contributed by atoms with van der Waals surface area (Å²) in [6.45, 7) is 1.38. The maximum absolute atomic E-state index is 10.0. The third-order valence-corrected chi connectivity index (χ3v) is 2.36. The molecule has 0 amide bonds. The molecule has 4 heteroatoms. The predicted octanol–water partition coefficient (Wildman–Crippen LogP) is -2.28. The molecule has 78 valence electrons. The van der Waals surface area contributed by atoms with Gasteiger partial charge in [0, 0.05) is 6.61 Å². The molecular formula is C10H19KO3. The van der Waals surface area contributed by atoms with Gasteiger partial charge in [-0.25, -0.2) is 0 Å². The molecule has 1 fully saturated rings. The van der Waals surface area contributed by atoms with Crippen molar-refractivity contribution in [2.45, 2.75) is 38.2 Å². The molecule has 3 nitrogen and oxygen atoms in total. The van der Waals surface area contributed by atoms with Gasteiger partial charge >= 0.3 is 51.4 Å². The first-order valence-corrected chi connectivity index (χ1v) is 5.21. The van der Waals surface area contributed by atoms with Crippen LogP contribution in [0.3, 0.4) is 0 Å². The first-order chi connectivity index (χ1) is 6.43. The molecule has 0 aromatic carbocycles. The van der Waals surface area contributed by atoms with E-state index < -0.39 is 0 Å². The monoisotopic (exact) mass is 226 g/mol. The molecular weight excluding hydrogens is 207 g/mol. The van der Waals surface area contributed by atoms with Crippen LogP contribution in [-0.2, 0) is 9.47 Å². The van der Waals surface area contributed by atoms with E-state index in [9.17, 15) is 5.11 Å². The minimum atomic E-state index is -0.149. The predicted molar refractivity (Wildman–Crippen MR) is 48.5 cm³/mol. The van der Waals surface area contributed by atoms with E-state index in [2.05, 4.69) is 0 Å². The zero-order chi connectivity index (χ0) is 9.36. The zero-order valence-corrected chi connectivity index (χ0v) is 12.3. The van der Waals surface area contributed by atoms with Gasteiger partial charge in [0.2, 0.25) is 0 Å². The Hall–Kier alpha value is 1.52. The molecule has 1 rings (SSSR count). The minimum Gasteiger partial charge on any atom is -0.853 e. The maximum Gasteiger partial charge on any atom is 1.00 e. The summed E-state index contributed by atoms with van der Waals surface area (Å²) >= 11 is 0. The van der Waals surface area contributed by atoms with Crippen LogP contribution in [0.5, 0.6) is 0 Å². The van der Waals surface area contributed by atoms with Crippen molar-refractivity contribution in [3.05, 3.63) is 0 Å². The van der Waals surface area contributed by atoms with Crippen LogP contribution in [0.4, 0.5) is 0 Å². The Morgan fingerprint density at radius 1 is 1.00 bits per heavy atom. The van der Waals surface area contributed by atoms with Crippen molar-refractivity contribution >= 4 is 0 Å². The van der Waals surface area contributed by atoms with Crippen molar-refractivity contribution in [2.75, 3.05) is 26.4 Å². The Kier molecular flexibility index (Phi) is 12.2. The van der Waals surface area contributed by atoms with Gasteiger partial charge in [-0.3, -0.25) is 0 Å². The summed E-state index contributed by atoms with van der Waals surface area (Å²) in [4.78, 5) is 0. The zero-order valence-electron chi connectivity index (χ0n) is 9.17. The molecule has 0 unspecified atom stereocenters. The summed E-state index contributed by atoms with van der Waals surface area (Å²) in [7, 11) is 0. The number of rotatable bonds is 6. The van der Waals surface area contributed by atoms with Crippen LogP contribution in [0.1, 0.15) is 32.1 Å². The molecule has 0 N–H and O–H groups in total. The van der Waals surface area contributed by atoms with Crippen molar-refractivity contribution in [1.82, 2.24) is 0 Å². The quantitative estimate of drug-likeness (QED) is 0.378. The molecule has 1 aliphatic carbocycles. The molecule has 0 aromatic heterocycles. The maximum atomic E-state index is 10.0. The van der Waals surface area contributed by atoms with Gasteiger partial charge in [-0.2, -0.15) is 0 Å². The van der Waals surface area contributed by atoms with E-state index in [1.807, 2.05) is 0 Å². The molecule has 1 saturated carbocycles. The largest absolute Gasteiger partial charge is 1.00 e. The first kappa shape index (κ1) is 15.5. The van der Waals surface area contributed by atoms with Gasteiger partial charge in [-0.05, 0) is 12.8 Å². The molecule has 0 aromatic rings. The van der Waals surface area contributed by atoms with Crippen LogP contribution in [0.2, 0.25) is 0 Å². The second kappa shape index (κ2) is 11.0. The molecule has 1 aliphatic rings. The molecule has 0 spiro atoms. The van der Waals surface area contributed by atoms with Crippen LogP contribution < -0.4 is 56.5 Å². The van der Waals surface area contributed by atoms with E-state index in [0.717, 1.165) is 0 Å². The average Bonchev–Trinajstić information content (AvgIpc) is 2.19. The van der Waals surface area contributed by atoms with E-state index in [-0.39, 0.29) is 58.0 Å². The molecule has 14 heavy (non-hydrogen) atoms. The van der Waals surface area contributed by atoms with Gasteiger partial charge in [0.1, 0.15) is 0 Å². The summed E-state index contributed by atoms with van der Waals surface area (Å²) in [6, 6.07) is 0. The molecule has 0 heterocycles. The van der Waals surface area contributed by atoms with E-state index in [4.69, 9.17) is 9.47 Å². The summed E-state index contributed by atoms with van der Waals surface area (Å²) in [5.74, 6) is 0. The van der Waals surface area contributed by atoms with Crippen molar-refractivity contribution in [1.29, 1.82) is 0 Å². The van der Waals surface area contributed by atoms with Gasteiger partial charge in [-0.1, -0.05) is 19.3 Å². The minimum absolute atomic E-state index is 0. The van der Waals surface area contributed by atoms with Crippen molar-refractivity contribution in [2.24, 2.45) is 0 Å². The summed E-state index contributed by atoms with van der Waals surface area (Å²) in [6.07, 6.45) is 6.79. The molecule has 0 radical (unpaired) electrons. The first-order valence-electron chi connectivity index (χ1n) is 5.21. The molecule has 0 aliphatic heterocycles. The SMILES string of the molecule is [K+].[O-]CCOCCOC1CCCCC1. The Labute approximate surface area is 129 Å². The Bertz CT molecular complexity index is 116. The number of ether oxygens (including phenoxy) is 2. The second-order valence-electron chi connectivity index (χ2n) is 3.45. The van der Waals surface area contributed by atoms with E-state index in [1.165, 1.54) is 32.1 Å². The van der Waals surface area contributed by atoms with Gasteiger partial charge < -0.3 is 14.6 Å². The van der Waals surface area contributed by atoms with Crippen molar-refractivity contribution in [3.63, 3.8) is 0 Å². The van der Waals surface area contributed by atoms with Crippen molar-refractivity contribution in [3.8, 4) is 0 Å². The number of hydrogen-bond donors (Lipinski definition) is 0. The fraction of sp³-hybridized carbons (Fsp3) is 1.00. The molecule has 0 bridgehead atoms. The van der Waals surface area contributed by atoms with Crippen LogP contribution in [-0.4, -0.2) is 32.5 Å². The normalized spacial score (nSPS) is 17.8. The summed E-state index contributed by atoms with van der Waals surface area (Å²) < 4.78 is 10.6. The topological polar surface area (TPSA) is 41.5 Å². The van der Waals surface area contributed by atoms with Gasteiger partial charge in [-0.15, -0.1) is 6.61 Å². The van der Waals surface area contributed by atoms with E-state index >= 15 is 0 Å². The Morgan fingerprint density at radius 3 is 2.36 bits per heavy atom. The standard InChI is InChI=1S/C10H19O3.K/c11-6-7-12-8-9-13-10-4-2-1-3-5-10;/h10H,1-9H2;/q-1;+1. The third kappa shape index (κ3) is 7.76. The Balaban J connectivity index is 0.00000169. The molecule has 0 atom stereocenters. The summed E-state index contributed by atoms with van der Waals surface area (Å²) in [5.41, 5.74) is 0. The fourth-order valence-corrected chi connectivity index (χ4v) is 1.67. The van der Waals surface area contributed by atoms with Crippen LogP contribution in [0, 0.1) is 0 Å². The molecule has 0 saturated heterocycles. The van der Waals surface area contributed by atoms with Crippen LogP contribution in [0.25, 0.3) is 0 Å². The van der Waals surface area contributed by atoms with Crippen LogP contribution >= 0.6 is 0 Å². The van der Waals surface area contributed by atoms with Gasteiger partial charge in [0.15, 0.2) is 0 Å². The third-order valence-electron chi connectivity index (χ3n) is 2.36. The average molecular weight is 226 g/mol. The fourth-order valence-electron chi connectivity index (χ4n) is 1.67. The summed E-state index contributed by atoms with van der Waals surface area (Å²) in [5, 5.41) is 10.0. The number of hydrogen-bond acceptors (Lipinski definition) is 3. The van der Waals surface area contributed by atoms with Gasteiger partial charge in [0.25, 0.3) is 0 Å². The second-order valence-corrected chi connectivity index (χ2v) is 3.45. The van der Waals surface area contributed by atoms with E-state index in [1.54, 1.807) is 0 Å². The van der Waals surface area contributed by atoms with Gasteiger partial charge in [0.05, 0.1) is 19.3 Å². The van der Waals surface area contributed by atoms with Crippen molar-refractivity contribution < 1.29 is 66.0 Å².